The third kappa shape index (κ3) is 3.39. The first-order valence-corrected chi connectivity index (χ1v) is 8.91. The van der Waals surface area contributed by atoms with Gasteiger partial charge in [-0.3, -0.25) is 0 Å². The minimum absolute atomic E-state index is 0.0164. The van der Waals surface area contributed by atoms with E-state index in [1.807, 2.05) is 26.0 Å². The topological polar surface area (TPSA) is 51.4 Å². The molecule has 3 heterocycles. The van der Waals surface area contributed by atoms with Crippen molar-refractivity contribution in [3.8, 4) is 0 Å². The number of anilines is 1. The van der Waals surface area contributed by atoms with E-state index in [1.165, 1.54) is 6.07 Å². The highest BCUT2D eigenvalue weighted by molar-refractivity contribution is 5.92. The van der Waals surface area contributed by atoms with Gasteiger partial charge in [0.2, 0.25) is 0 Å². The van der Waals surface area contributed by atoms with E-state index in [2.05, 4.69) is 15.0 Å². The summed E-state index contributed by atoms with van der Waals surface area (Å²) in [7, 11) is 1.68. The lowest BCUT2D eigenvalue weighted by atomic mass is 10.0. The number of aromatic nitrogens is 2. The molecule has 0 unspecified atom stereocenters. The summed E-state index contributed by atoms with van der Waals surface area (Å²) >= 11 is 0. The van der Waals surface area contributed by atoms with E-state index in [-0.39, 0.29) is 17.5 Å². The van der Waals surface area contributed by atoms with Gasteiger partial charge in [0.1, 0.15) is 17.1 Å². The molecule has 142 valence electrons. The molecule has 1 saturated heterocycles. The molecular weight excluding hydrogens is 352 g/mol. The van der Waals surface area contributed by atoms with Gasteiger partial charge in [-0.1, -0.05) is 5.16 Å². The van der Waals surface area contributed by atoms with Crippen LogP contribution in [0.5, 0.6) is 0 Å². The van der Waals surface area contributed by atoms with Crippen molar-refractivity contribution in [2.24, 2.45) is 5.92 Å². The molecule has 1 fully saturated rings. The Bertz CT molecular complexity index is 989. The molecule has 1 aromatic carbocycles. The molecule has 2 aromatic heterocycles. The zero-order chi connectivity index (χ0) is 19.1. The molecule has 3 aromatic rings. The largest absolute Gasteiger partial charge is 0.379 e. The molecule has 27 heavy (non-hydrogen) atoms. The molecule has 7 heteroatoms. The highest BCUT2D eigenvalue weighted by atomic mass is 19.1. The Balaban J connectivity index is 1.69. The summed E-state index contributed by atoms with van der Waals surface area (Å²) in [5.41, 5.74) is 2.49. The Morgan fingerprint density at radius 1 is 1.15 bits per heavy atom. The molecule has 1 aliphatic heterocycles. The minimum atomic E-state index is -0.647. The fourth-order valence-corrected chi connectivity index (χ4v) is 3.89. The number of fused-ring (bicyclic) bond motifs is 1. The van der Waals surface area contributed by atoms with Gasteiger partial charge in [-0.25, -0.2) is 13.8 Å². The number of methoxy groups -OCH3 is 1. The highest BCUT2D eigenvalue weighted by Gasteiger charge is 2.35. The summed E-state index contributed by atoms with van der Waals surface area (Å²) in [6.45, 7) is 5.01. The lowest BCUT2D eigenvalue weighted by Crippen LogP contribution is -2.23. The lowest BCUT2D eigenvalue weighted by Gasteiger charge is -2.21. The molecule has 0 spiro atoms. The highest BCUT2D eigenvalue weighted by Crippen LogP contribution is 2.34. The number of rotatable bonds is 4. The van der Waals surface area contributed by atoms with Gasteiger partial charge in [0, 0.05) is 61.4 Å². The van der Waals surface area contributed by atoms with Crippen LogP contribution in [-0.2, 0) is 11.2 Å². The second-order valence-electron chi connectivity index (χ2n) is 7.14. The molecule has 0 bridgehead atoms. The van der Waals surface area contributed by atoms with Gasteiger partial charge in [-0.15, -0.1) is 0 Å². The summed E-state index contributed by atoms with van der Waals surface area (Å²) in [4.78, 5) is 6.36. The van der Waals surface area contributed by atoms with Crippen molar-refractivity contribution < 1.29 is 18.0 Å². The predicted octanol–water partition coefficient (Wildman–Crippen LogP) is 3.81. The van der Waals surface area contributed by atoms with E-state index in [9.17, 15) is 8.78 Å². The number of benzene rings is 1. The van der Waals surface area contributed by atoms with Crippen molar-refractivity contribution in [2.45, 2.75) is 26.4 Å². The molecule has 0 N–H and O–H groups in total. The summed E-state index contributed by atoms with van der Waals surface area (Å²) < 4.78 is 39.1. The van der Waals surface area contributed by atoms with Gasteiger partial charge >= 0.3 is 0 Å². The van der Waals surface area contributed by atoms with Crippen molar-refractivity contribution in [3.05, 3.63) is 53.0 Å². The molecule has 1 aliphatic rings. The van der Waals surface area contributed by atoms with E-state index in [4.69, 9.17) is 9.26 Å². The van der Waals surface area contributed by atoms with E-state index in [0.717, 1.165) is 23.2 Å². The van der Waals surface area contributed by atoms with Crippen molar-refractivity contribution in [2.75, 3.05) is 25.1 Å². The molecule has 0 radical (unpaired) electrons. The molecule has 4 rings (SSSR count). The summed E-state index contributed by atoms with van der Waals surface area (Å²) in [5.74, 6) is -0.257. The Morgan fingerprint density at radius 3 is 2.67 bits per heavy atom. The first kappa shape index (κ1) is 17.9. The number of halogens is 2. The summed E-state index contributed by atoms with van der Waals surface area (Å²) in [6, 6.07) is 6.01. The molecule has 0 aliphatic carbocycles. The lowest BCUT2D eigenvalue weighted by molar-refractivity contribution is 0.0813. The van der Waals surface area contributed by atoms with E-state index in [0.29, 0.717) is 30.6 Å². The predicted molar refractivity (Wildman–Crippen MR) is 97.8 cm³/mol. The Morgan fingerprint density at radius 2 is 1.96 bits per heavy atom. The van der Waals surface area contributed by atoms with Gasteiger partial charge in [-0.05, 0) is 26.0 Å². The van der Waals surface area contributed by atoms with Crippen molar-refractivity contribution >= 4 is 16.6 Å². The van der Waals surface area contributed by atoms with E-state index in [1.54, 1.807) is 7.11 Å². The maximum atomic E-state index is 14.2. The molecule has 5 nitrogen and oxygen atoms in total. The molecular formula is C20H21F2N3O2. The number of pyridine rings is 1. The van der Waals surface area contributed by atoms with Crippen LogP contribution in [0.3, 0.4) is 0 Å². The van der Waals surface area contributed by atoms with Crippen molar-refractivity contribution in [3.63, 3.8) is 0 Å². The zero-order valence-electron chi connectivity index (χ0n) is 15.5. The maximum Gasteiger partial charge on any atom is 0.152 e. The number of aryl methyl sites for hydroxylation is 2. The quantitative estimate of drug-likeness (QED) is 0.696. The standard InChI is InChI=1S/C20H21F2N3O2/c1-11-5-18(16-7-14(21)8-17(22)20(16)23-11)25-9-13(19(10-25)26-3)6-15-4-12(2)24-27-15/h4-5,7-8,13,19H,6,9-10H2,1-3H3/t13-,19+/m1/s1. The van der Waals surface area contributed by atoms with Crippen LogP contribution in [0.25, 0.3) is 10.9 Å². The van der Waals surface area contributed by atoms with Crippen LogP contribution in [0, 0.1) is 31.4 Å². The number of ether oxygens (including phenoxy) is 1. The minimum Gasteiger partial charge on any atom is -0.379 e. The van der Waals surface area contributed by atoms with Crippen LogP contribution in [-0.4, -0.2) is 36.4 Å². The van der Waals surface area contributed by atoms with Crippen LogP contribution in [0.1, 0.15) is 17.1 Å². The number of hydrogen-bond donors (Lipinski definition) is 0. The van der Waals surface area contributed by atoms with Crippen LogP contribution in [0.4, 0.5) is 14.5 Å². The fourth-order valence-electron chi connectivity index (χ4n) is 3.89. The van der Waals surface area contributed by atoms with E-state index < -0.39 is 11.6 Å². The zero-order valence-corrected chi connectivity index (χ0v) is 15.5. The van der Waals surface area contributed by atoms with Gasteiger partial charge < -0.3 is 14.2 Å². The average molecular weight is 373 g/mol. The third-order valence-corrected chi connectivity index (χ3v) is 5.10. The average Bonchev–Trinajstić information content (AvgIpc) is 3.21. The molecule has 2 atom stereocenters. The Labute approximate surface area is 155 Å². The summed E-state index contributed by atoms with van der Waals surface area (Å²) in [6.07, 6.45) is 0.679. The Kier molecular flexibility index (Phi) is 4.55. The SMILES string of the molecule is CO[C@H]1CN(c2cc(C)nc3c(F)cc(F)cc23)C[C@H]1Cc1cc(C)no1. The maximum absolute atomic E-state index is 14.2. The second kappa shape index (κ2) is 6.88. The smallest absolute Gasteiger partial charge is 0.152 e. The van der Waals surface area contributed by atoms with Gasteiger partial charge in [0.05, 0.1) is 11.8 Å². The van der Waals surface area contributed by atoms with E-state index >= 15 is 0 Å². The summed E-state index contributed by atoms with van der Waals surface area (Å²) in [5, 5.41) is 4.41. The van der Waals surface area contributed by atoms with Crippen molar-refractivity contribution in [1.82, 2.24) is 10.1 Å². The Hall–Kier alpha value is -2.54. The molecule has 0 saturated carbocycles. The van der Waals surface area contributed by atoms with Crippen LogP contribution >= 0.6 is 0 Å². The number of nitrogens with zero attached hydrogens (tertiary/aromatic N) is 3. The van der Waals surface area contributed by atoms with Crippen LogP contribution < -0.4 is 4.90 Å². The van der Waals surface area contributed by atoms with Gasteiger partial charge in [0.25, 0.3) is 0 Å². The third-order valence-electron chi connectivity index (χ3n) is 5.10. The normalized spacial score (nSPS) is 20.0. The van der Waals surface area contributed by atoms with Crippen LogP contribution in [0.2, 0.25) is 0 Å². The first-order chi connectivity index (χ1) is 12.9. The first-order valence-electron chi connectivity index (χ1n) is 8.91. The molecule has 0 amide bonds. The number of hydrogen-bond acceptors (Lipinski definition) is 5. The fraction of sp³-hybridized carbons (Fsp3) is 0.400. The van der Waals surface area contributed by atoms with Gasteiger partial charge in [0.15, 0.2) is 5.82 Å². The van der Waals surface area contributed by atoms with Gasteiger partial charge in [-0.2, -0.15) is 0 Å². The second-order valence-corrected chi connectivity index (χ2v) is 7.14. The van der Waals surface area contributed by atoms with Crippen LogP contribution in [0.15, 0.2) is 28.8 Å². The monoisotopic (exact) mass is 373 g/mol. The van der Waals surface area contributed by atoms with Crippen molar-refractivity contribution in [1.29, 1.82) is 0 Å².